The predicted molar refractivity (Wildman–Crippen MR) is 88.0 cm³/mol. The second-order valence-electron chi connectivity index (χ2n) is 6.02. The normalized spacial score (nSPS) is 24.4. The van der Waals surface area contributed by atoms with Gasteiger partial charge >= 0.3 is 19.9 Å². The van der Waals surface area contributed by atoms with Gasteiger partial charge in [0, 0.05) is 18.5 Å². The molecule has 11 nitrogen and oxygen atoms in total. The molecule has 2 N–H and O–H groups in total. The van der Waals surface area contributed by atoms with Gasteiger partial charge in [0.1, 0.15) is 0 Å². The maximum atomic E-state index is 12.5. The highest BCUT2D eigenvalue weighted by Crippen LogP contribution is 2.57. The van der Waals surface area contributed by atoms with Crippen molar-refractivity contribution < 1.29 is 42.0 Å². The molecule has 2 atom stereocenters. The molecule has 1 aliphatic rings. The highest BCUT2D eigenvalue weighted by molar-refractivity contribution is 7.48. The minimum Gasteiger partial charge on any atom is -0.469 e. The van der Waals surface area contributed by atoms with Crippen LogP contribution in [-0.2, 0) is 37.2 Å². The number of carbonyl (C=O) groups excluding carboxylic acids is 3. The highest BCUT2D eigenvalue weighted by atomic mass is 31.2. The van der Waals surface area contributed by atoms with E-state index >= 15 is 0 Å². The summed E-state index contributed by atoms with van der Waals surface area (Å²) >= 11 is 0. The molecule has 1 aliphatic heterocycles. The Hall–Kier alpha value is -1.68. The molecule has 1 fully saturated rings. The number of rotatable bonds is 8. The number of nitrogens with one attached hydrogen (secondary N) is 2. The van der Waals surface area contributed by atoms with Gasteiger partial charge in [-0.3, -0.25) is 18.6 Å². The van der Waals surface area contributed by atoms with E-state index in [-0.39, 0.29) is 19.6 Å². The average molecular weight is 396 g/mol. The topological polar surface area (TPSA) is 138 Å². The van der Waals surface area contributed by atoms with Crippen LogP contribution in [0.3, 0.4) is 0 Å². The van der Waals surface area contributed by atoms with Gasteiger partial charge in [0.2, 0.25) is 12.7 Å². The van der Waals surface area contributed by atoms with E-state index < -0.39 is 44.1 Å². The summed E-state index contributed by atoms with van der Waals surface area (Å²) in [5.41, 5.74) is -0.799. The minimum absolute atomic E-state index is 0.0135. The highest BCUT2D eigenvalue weighted by Gasteiger charge is 2.49. The smallest absolute Gasteiger partial charge is 0.469 e. The zero-order valence-corrected chi connectivity index (χ0v) is 16.1. The lowest BCUT2D eigenvalue weighted by Crippen LogP contribution is -2.50. The van der Waals surface area contributed by atoms with Crippen LogP contribution in [-0.4, -0.2) is 57.7 Å². The summed E-state index contributed by atoms with van der Waals surface area (Å²) in [5.74, 6) is -1.05. The van der Waals surface area contributed by atoms with Crippen LogP contribution in [0.2, 0.25) is 0 Å². The number of alkyl carbamates (subject to hydrolysis) is 1. The Morgan fingerprint density at radius 1 is 1.27 bits per heavy atom. The number of phosphoric acid groups is 1. The number of amides is 2. The van der Waals surface area contributed by atoms with E-state index in [0.29, 0.717) is 6.54 Å². The second kappa shape index (κ2) is 9.86. The van der Waals surface area contributed by atoms with E-state index in [0.717, 1.165) is 0 Å². The molecule has 1 unspecified atom stereocenters. The number of phosphoric ester groups is 1. The fourth-order valence-electron chi connectivity index (χ4n) is 1.92. The monoisotopic (exact) mass is 396 g/mol. The molecule has 0 aliphatic carbocycles. The molecule has 0 radical (unpaired) electrons. The number of ether oxygens (including phenoxy) is 2. The van der Waals surface area contributed by atoms with Crippen LogP contribution < -0.4 is 10.6 Å². The van der Waals surface area contributed by atoms with Gasteiger partial charge in [-0.25, -0.2) is 13.9 Å². The zero-order valence-electron chi connectivity index (χ0n) is 15.2. The van der Waals surface area contributed by atoms with Gasteiger partial charge < -0.3 is 20.1 Å². The van der Waals surface area contributed by atoms with Gasteiger partial charge in [0.25, 0.3) is 0 Å². The molecule has 2 amide bonds. The fraction of sp³-hybridized carbons (Fsp3) is 0.786. The Labute approximate surface area is 151 Å². The van der Waals surface area contributed by atoms with Crippen LogP contribution in [0.4, 0.5) is 4.79 Å². The van der Waals surface area contributed by atoms with E-state index in [1.54, 1.807) is 20.8 Å². The lowest BCUT2D eigenvalue weighted by Gasteiger charge is -2.39. The molecule has 1 rings (SSSR count). The predicted octanol–water partition coefficient (Wildman–Crippen LogP) is 0.936. The van der Waals surface area contributed by atoms with Gasteiger partial charge in [-0.2, -0.15) is 0 Å². The third-order valence-corrected chi connectivity index (χ3v) is 4.69. The van der Waals surface area contributed by atoms with Crippen molar-refractivity contribution in [1.29, 1.82) is 0 Å². The van der Waals surface area contributed by atoms with Gasteiger partial charge in [0.15, 0.2) is 6.10 Å². The molecule has 1 heterocycles. The number of methoxy groups -OCH3 is 1. The van der Waals surface area contributed by atoms with Crippen molar-refractivity contribution in [2.45, 2.75) is 33.3 Å². The first-order valence-electron chi connectivity index (χ1n) is 7.96. The summed E-state index contributed by atoms with van der Waals surface area (Å²) in [6.45, 7) is 4.71. The number of hydrogen-bond acceptors (Lipinski definition) is 9. The Balaban J connectivity index is 2.60. The van der Waals surface area contributed by atoms with E-state index in [9.17, 15) is 18.9 Å². The van der Waals surface area contributed by atoms with Crippen molar-refractivity contribution in [3.05, 3.63) is 0 Å². The molecule has 26 heavy (non-hydrogen) atoms. The maximum absolute atomic E-state index is 12.5. The van der Waals surface area contributed by atoms with Gasteiger partial charge in [-0.1, -0.05) is 13.8 Å². The van der Waals surface area contributed by atoms with Crippen LogP contribution in [0.5, 0.6) is 0 Å². The Bertz CT molecular complexity index is 567. The van der Waals surface area contributed by atoms with E-state index in [2.05, 4.69) is 20.1 Å². The summed E-state index contributed by atoms with van der Waals surface area (Å²) in [7, 11) is -2.85. The van der Waals surface area contributed by atoms with Crippen molar-refractivity contribution in [1.82, 2.24) is 10.6 Å². The maximum Gasteiger partial charge on any atom is 0.478 e. The number of hydrogen-bond donors (Lipinski definition) is 2. The molecule has 0 aromatic carbocycles. The molecule has 0 aromatic rings. The van der Waals surface area contributed by atoms with Crippen molar-refractivity contribution in [2.24, 2.45) is 5.41 Å². The van der Waals surface area contributed by atoms with Crippen LogP contribution >= 0.6 is 7.82 Å². The summed E-state index contributed by atoms with van der Waals surface area (Å²) in [6.07, 6.45) is -1.92. The Kier molecular flexibility index (Phi) is 8.48. The molecule has 0 aromatic heterocycles. The van der Waals surface area contributed by atoms with Crippen molar-refractivity contribution in [3.8, 4) is 0 Å². The third kappa shape index (κ3) is 6.91. The number of esters is 1. The first kappa shape index (κ1) is 22.4. The average Bonchev–Trinajstić information content (AvgIpc) is 2.57. The minimum atomic E-state index is -4.09. The van der Waals surface area contributed by atoms with Gasteiger partial charge in [-0.15, -0.1) is 0 Å². The lowest BCUT2D eigenvalue weighted by atomic mass is 9.87. The van der Waals surface area contributed by atoms with Crippen LogP contribution in [0.1, 0.15) is 27.2 Å². The van der Waals surface area contributed by atoms with Crippen molar-refractivity contribution in [3.63, 3.8) is 0 Å². The molecule has 0 saturated carbocycles. The van der Waals surface area contributed by atoms with E-state index in [1.807, 2.05) is 0 Å². The largest absolute Gasteiger partial charge is 0.478 e. The van der Waals surface area contributed by atoms with Crippen LogP contribution in [0, 0.1) is 5.41 Å². The van der Waals surface area contributed by atoms with Crippen LogP contribution in [0.25, 0.3) is 0 Å². The Morgan fingerprint density at radius 2 is 1.96 bits per heavy atom. The summed E-state index contributed by atoms with van der Waals surface area (Å²) in [5, 5.41) is 4.87. The molecular weight excluding hydrogens is 371 g/mol. The van der Waals surface area contributed by atoms with Gasteiger partial charge in [-0.05, 0) is 6.92 Å². The Morgan fingerprint density at radius 3 is 2.58 bits per heavy atom. The van der Waals surface area contributed by atoms with Crippen LogP contribution in [0.15, 0.2) is 0 Å². The van der Waals surface area contributed by atoms with Crippen molar-refractivity contribution in [2.75, 3.05) is 33.6 Å². The summed E-state index contributed by atoms with van der Waals surface area (Å²) in [4.78, 5) is 34.6. The molecule has 12 heteroatoms. The van der Waals surface area contributed by atoms with Gasteiger partial charge in [0.05, 0.1) is 20.1 Å². The van der Waals surface area contributed by atoms with Crippen molar-refractivity contribution >= 4 is 25.8 Å². The molecule has 0 spiro atoms. The number of carbonyl (C=O) groups is 3. The fourth-order valence-corrected chi connectivity index (χ4v) is 3.42. The second-order valence-corrected chi connectivity index (χ2v) is 7.64. The SMILES string of the molecule is CCNC(=O)OCOP1(=O)OCC(C)(C)[C@H](C(=O)NCCC(=O)OC)O1. The molecule has 0 bridgehead atoms. The third-order valence-electron chi connectivity index (χ3n) is 3.36. The molecular formula is C14H25N2O9P. The lowest BCUT2D eigenvalue weighted by molar-refractivity contribution is -0.144. The summed E-state index contributed by atoms with van der Waals surface area (Å²) < 4.78 is 36.8. The quantitative estimate of drug-likeness (QED) is 0.348. The molecule has 150 valence electrons. The van der Waals surface area contributed by atoms with E-state index in [4.69, 9.17) is 13.6 Å². The standard InChI is InChI=1S/C14H25N2O9P/c1-5-15-13(19)22-9-24-26(20)23-8-14(2,3)11(25-26)12(18)16-7-6-10(17)21-4/h11H,5-9H2,1-4H3,(H,15,19)(H,16,18)/t11-,26?/m0/s1. The zero-order chi connectivity index (χ0) is 19.8. The van der Waals surface area contributed by atoms with E-state index in [1.165, 1.54) is 7.11 Å². The first-order valence-corrected chi connectivity index (χ1v) is 9.42. The summed E-state index contributed by atoms with van der Waals surface area (Å²) in [6, 6.07) is 0. The molecule has 1 saturated heterocycles. The first-order chi connectivity index (χ1) is 12.1.